The summed E-state index contributed by atoms with van der Waals surface area (Å²) in [6, 6.07) is 19.0. The van der Waals surface area contributed by atoms with E-state index in [2.05, 4.69) is 52.3 Å². The first-order valence-corrected chi connectivity index (χ1v) is 8.30. The molecular weight excluding hydrogens is 341 g/mol. The van der Waals surface area contributed by atoms with Crippen LogP contribution in [0.5, 0.6) is 0 Å². The van der Waals surface area contributed by atoms with Crippen molar-refractivity contribution in [2.24, 2.45) is 5.73 Å². The first kappa shape index (κ1) is 12.8. The van der Waals surface area contributed by atoms with Gasteiger partial charge in [-0.05, 0) is 0 Å². The van der Waals surface area contributed by atoms with Crippen LogP contribution in [0.1, 0.15) is 11.6 Å². The van der Waals surface area contributed by atoms with Gasteiger partial charge in [-0.25, -0.2) is 0 Å². The molecule has 0 heterocycles. The third-order valence-electron chi connectivity index (χ3n) is 2.47. The molecule has 17 heavy (non-hydrogen) atoms. The molecule has 2 aromatic carbocycles. The van der Waals surface area contributed by atoms with E-state index in [1.807, 2.05) is 18.2 Å². The van der Waals surface area contributed by atoms with Crippen molar-refractivity contribution in [1.29, 1.82) is 0 Å². The molecule has 0 aliphatic rings. The number of hydrogen-bond donors (Lipinski definition) is 1. The molecule has 1 atom stereocenters. The predicted octanol–water partition coefficient (Wildman–Crippen LogP) is 2.90. The van der Waals surface area contributed by atoms with E-state index < -0.39 is 0 Å². The summed E-state index contributed by atoms with van der Waals surface area (Å²) >= 11 is 3.88. The van der Waals surface area contributed by atoms with Gasteiger partial charge in [0.2, 0.25) is 0 Å². The topological polar surface area (TPSA) is 26.0 Å². The van der Waals surface area contributed by atoms with Crippen molar-refractivity contribution in [1.82, 2.24) is 0 Å². The van der Waals surface area contributed by atoms with Gasteiger partial charge < -0.3 is 0 Å². The molecule has 0 fully saturated rings. The summed E-state index contributed by atoms with van der Waals surface area (Å²) in [6.07, 6.45) is 0. The number of hydrogen-bond acceptors (Lipinski definition) is 1. The molecule has 0 aromatic heterocycles. The van der Waals surface area contributed by atoms with Crippen LogP contribution in [0.3, 0.4) is 0 Å². The monoisotopic (exact) mass is 355 g/mol. The maximum atomic E-state index is 6.18. The Morgan fingerprint density at radius 3 is 2.29 bits per heavy atom. The summed E-state index contributed by atoms with van der Waals surface area (Å²) in [6.45, 7) is 0. The number of rotatable bonds is 4. The van der Waals surface area contributed by atoms with E-state index in [-0.39, 0.29) is 6.04 Å². The molecule has 2 rings (SSSR count). The van der Waals surface area contributed by atoms with Crippen LogP contribution in [-0.4, -0.2) is 15.0 Å². The van der Waals surface area contributed by atoms with Crippen molar-refractivity contribution in [2.75, 3.05) is 0 Å². The summed E-state index contributed by atoms with van der Waals surface area (Å²) in [5.41, 5.74) is 7.41. The van der Waals surface area contributed by atoms with Crippen molar-refractivity contribution >= 4 is 35.3 Å². The van der Waals surface area contributed by atoms with Crippen molar-refractivity contribution in [3.05, 3.63) is 64.6 Å². The summed E-state index contributed by atoms with van der Waals surface area (Å²) < 4.78 is 2.52. The van der Waals surface area contributed by atoms with Gasteiger partial charge >= 0.3 is 117 Å². The van der Waals surface area contributed by atoms with Crippen molar-refractivity contribution in [3.63, 3.8) is 0 Å². The van der Waals surface area contributed by atoms with E-state index in [0.717, 1.165) is 9.79 Å². The minimum absolute atomic E-state index is 0.153. The molecule has 0 aliphatic heterocycles. The van der Waals surface area contributed by atoms with Crippen LogP contribution in [0, 0.1) is 0 Å². The van der Waals surface area contributed by atoms with Crippen molar-refractivity contribution in [3.8, 4) is 0 Å². The van der Waals surface area contributed by atoms with Gasteiger partial charge in [0.1, 0.15) is 0 Å². The Bertz CT molecular complexity index is 455. The van der Waals surface area contributed by atoms with Crippen LogP contribution in [-0.2, 0) is 0 Å². The van der Waals surface area contributed by atoms with Gasteiger partial charge in [-0.3, -0.25) is 0 Å². The third-order valence-corrected chi connectivity index (χ3v) is 5.37. The van der Waals surface area contributed by atoms with Crippen LogP contribution >= 0.6 is 15.9 Å². The molecule has 2 aromatic rings. The summed E-state index contributed by atoms with van der Waals surface area (Å²) in [7, 11) is 0. The molecule has 0 radical (unpaired) electrons. The first-order chi connectivity index (χ1) is 8.25. The Hall–Kier alpha value is -0.601. The summed E-state index contributed by atoms with van der Waals surface area (Å²) in [5, 5.41) is 1.04. The van der Waals surface area contributed by atoms with Gasteiger partial charge in [0.25, 0.3) is 0 Å². The van der Waals surface area contributed by atoms with Gasteiger partial charge in [0, 0.05) is 0 Å². The zero-order chi connectivity index (χ0) is 12.1. The molecule has 1 unspecified atom stereocenters. The zero-order valence-corrected chi connectivity index (χ0v) is 12.6. The first-order valence-electron chi connectivity index (χ1n) is 5.44. The Balaban J connectivity index is 1.92. The van der Waals surface area contributed by atoms with E-state index in [1.54, 1.807) is 0 Å². The zero-order valence-electron chi connectivity index (χ0n) is 9.34. The average molecular weight is 355 g/mol. The van der Waals surface area contributed by atoms with E-state index in [1.165, 1.54) is 10.0 Å². The van der Waals surface area contributed by atoms with Gasteiger partial charge in [0.15, 0.2) is 0 Å². The minimum atomic E-state index is 0.153. The average Bonchev–Trinajstić information content (AvgIpc) is 2.39. The molecule has 1 nitrogen and oxygen atoms in total. The summed E-state index contributed by atoms with van der Waals surface area (Å²) in [4.78, 5) is 0. The van der Waals surface area contributed by atoms with E-state index >= 15 is 0 Å². The van der Waals surface area contributed by atoms with Crippen LogP contribution in [0.2, 0.25) is 5.32 Å². The fourth-order valence-electron chi connectivity index (χ4n) is 1.51. The van der Waals surface area contributed by atoms with Gasteiger partial charge in [-0.1, -0.05) is 0 Å². The second-order valence-electron chi connectivity index (χ2n) is 3.78. The second-order valence-corrected chi connectivity index (χ2v) is 6.99. The Morgan fingerprint density at radius 1 is 1.00 bits per heavy atom. The molecule has 0 bridgehead atoms. The molecule has 88 valence electrons. The van der Waals surface area contributed by atoms with Gasteiger partial charge in [-0.15, -0.1) is 0 Å². The molecule has 0 aliphatic carbocycles. The predicted molar refractivity (Wildman–Crippen MR) is 77.7 cm³/mol. The molecule has 2 N–H and O–H groups in total. The van der Waals surface area contributed by atoms with Gasteiger partial charge in [0.05, 0.1) is 0 Å². The van der Waals surface area contributed by atoms with Crippen LogP contribution in [0.15, 0.2) is 59.1 Å². The summed E-state index contributed by atoms with van der Waals surface area (Å²) in [5.74, 6) is 0. The quantitative estimate of drug-likeness (QED) is 0.839. The van der Waals surface area contributed by atoms with E-state index in [9.17, 15) is 0 Å². The molecule has 0 saturated carbocycles. The molecule has 0 amide bonds. The Labute approximate surface area is 117 Å². The molecule has 0 saturated heterocycles. The van der Waals surface area contributed by atoms with E-state index in [4.69, 9.17) is 5.73 Å². The number of benzene rings is 2. The van der Waals surface area contributed by atoms with Gasteiger partial charge in [-0.2, -0.15) is 0 Å². The van der Waals surface area contributed by atoms with Crippen molar-refractivity contribution < 1.29 is 0 Å². The molecule has 0 spiro atoms. The SMILES string of the molecule is NC(C[Se]c1ccc(Br)cc1)c1ccccc1. The third kappa shape index (κ3) is 3.97. The second kappa shape index (κ2) is 6.36. The van der Waals surface area contributed by atoms with Crippen LogP contribution in [0.25, 0.3) is 0 Å². The normalized spacial score (nSPS) is 12.4. The fraction of sp³-hybridized carbons (Fsp3) is 0.143. The van der Waals surface area contributed by atoms with E-state index in [0.29, 0.717) is 15.0 Å². The molecule has 3 heteroatoms. The fourth-order valence-corrected chi connectivity index (χ4v) is 3.65. The number of halogens is 1. The standard InChI is InChI=1S/C14H14BrNSe/c15-12-6-8-13(9-7-12)17-10-14(16)11-4-2-1-3-5-11/h1-9,14H,10,16H2. The Kier molecular flexibility index (Phi) is 4.81. The van der Waals surface area contributed by atoms with Crippen LogP contribution in [0.4, 0.5) is 0 Å². The Morgan fingerprint density at radius 2 is 1.65 bits per heavy atom. The molecular formula is C14H14BrNSe. The maximum absolute atomic E-state index is 6.18. The number of nitrogens with two attached hydrogens (primary N) is 1. The van der Waals surface area contributed by atoms with Crippen molar-refractivity contribution in [2.45, 2.75) is 11.4 Å². The van der Waals surface area contributed by atoms with Crippen LogP contribution < -0.4 is 10.2 Å².